The highest BCUT2D eigenvalue weighted by Gasteiger charge is 2.31. The van der Waals surface area contributed by atoms with Crippen LogP contribution in [0.25, 0.3) is 6.08 Å². The first kappa shape index (κ1) is 22.1. The molecule has 0 N–H and O–H groups in total. The van der Waals surface area contributed by atoms with Crippen molar-refractivity contribution >= 4 is 22.0 Å². The van der Waals surface area contributed by atoms with Crippen molar-refractivity contribution in [3.63, 3.8) is 0 Å². The molecule has 0 unspecified atom stereocenters. The molecular formula is C23H28N2O4S. The smallest absolute Gasteiger partial charge is 0.236 e. The number of nitrogens with zero attached hydrogens (tertiary/aromatic N) is 2. The van der Waals surface area contributed by atoms with Gasteiger partial charge in [-0.15, -0.1) is 0 Å². The summed E-state index contributed by atoms with van der Waals surface area (Å²) in [5, 5.41) is 1.25. The summed E-state index contributed by atoms with van der Waals surface area (Å²) in [6.07, 6.45) is 2.67. The number of piperidine rings is 1. The molecule has 1 saturated heterocycles. The van der Waals surface area contributed by atoms with Gasteiger partial charge in [-0.1, -0.05) is 42.5 Å². The molecule has 1 fully saturated rings. The van der Waals surface area contributed by atoms with Crippen molar-refractivity contribution in [2.45, 2.75) is 19.4 Å². The molecule has 30 heavy (non-hydrogen) atoms. The third-order valence-electron chi connectivity index (χ3n) is 5.35. The quantitative estimate of drug-likeness (QED) is 0.678. The Bertz CT molecular complexity index is 964. The van der Waals surface area contributed by atoms with Crippen molar-refractivity contribution in [2.24, 2.45) is 5.92 Å². The van der Waals surface area contributed by atoms with E-state index < -0.39 is 10.0 Å². The van der Waals surface area contributed by atoms with E-state index >= 15 is 0 Å². The Hall–Kier alpha value is -2.64. The van der Waals surface area contributed by atoms with E-state index in [2.05, 4.69) is 0 Å². The highest BCUT2D eigenvalue weighted by atomic mass is 32.2. The SMILES string of the molecule is COc1ccc(CN(C)C(=O)C2CCN(S(=O)(=O)/C=C/c3ccccc3)CC2)cc1. The van der Waals surface area contributed by atoms with Gasteiger partial charge in [0, 0.05) is 38.0 Å². The first-order valence-corrected chi connectivity index (χ1v) is 11.5. The van der Waals surface area contributed by atoms with E-state index in [4.69, 9.17) is 4.74 Å². The molecule has 1 amide bonds. The van der Waals surface area contributed by atoms with Crippen LogP contribution >= 0.6 is 0 Å². The van der Waals surface area contributed by atoms with Crippen LogP contribution in [-0.4, -0.2) is 50.8 Å². The molecule has 0 atom stereocenters. The third kappa shape index (κ3) is 5.70. The van der Waals surface area contributed by atoms with Gasteiger partial charge in [0.1, 0.15) is 5.75 Å². The number of hydrogen-bond acceptors (Lipinski definition) is 4. The number of amides is 1. The molecular weight excluding hydrogens is 400 g/mol. The fraction of sp³-hybridized carbons (Fsp3) is 0.348. The lowest BCUT2D eigenvalue weighted by atomic mass is 9.96. The molecule has 1 heterocycles. The van der Waals surface area contributed by atoms with Crippen molar-refractivity contribution in [1.29, 1.82) is 0 Å². The van der Waals surface area contributed by atoms with Crippen LogP contribution in [-0.2, 0) is 21.4 Å². The van der Waals surface area contributed by atoms with Crippen LogP contribution < -0.4 is 4.74 Å². The molecule has 1 aliphatic heterocycles. The number of methoxy groups -OCH3 is 1. The molecule has 0 spiro atoms. The molecule has 160 valence electrons. The number of rotatable bonds is 7. The summed E-state index contributed by atoms with van der Waals surface area (Å²) in [7, 11) is -0.0804. The number of benzene rings is 2. The first-order chi connectivity index (χ1) is 14.4. The van der Waals surface area contributed by atoms with Gasteiger partial charge in [0.05, 0.1) is 7.11 Å². The first-order valence-electron chi connectivity index (χ1n) is 10.0. The van der Waals surface area contributed by atoms with Gasteiger partial charge in [-0.05, 0) is 42.2 Å². The molecule has 3 rings (SSSR count). The summed E-state index contributed by atoms with van der Waals surface area (Å²) >= 11 is 0. The molecule has 1 aliphatic rings. The van der Waals surface area contributed by atoms with Gasteiger partial charge in [0.25, 0.3) is 0 Å². The standard InChI is InChI=1S/C23H28N2O4S/c1-24(18-20-8-10-22(29-2)11-9-20)23(26)21-12-15-25(16-13-21)30(27,28)17-14-19-6-4-3-5-7-19/h3-11,14,17,21H,12-13,15-16,18H2,1-2H3/b17-14+. The van der Waals surface area contributed by atoms with Crippen LogP contribution in [0.1, 0.15) is 24.0 Å². The van der Waals surface area contributed by atoms with E-state index in [1.165, 1.54) is 9.71 Å². The minimum Gasteiger partial charge on any atom is -0.497 e. The maximum atomic E-state index is 12.8. The molecule has 0 aromatic heterocycles. The summed E-state index contributed by atoms with van der Waals surface area (Å²) < 4.78 is 31.8. The number of ether oxygens (including phenoxy) is 1. The van der Waals surface area contributed by atoms with Gasteiger partial charge >= 0.3 is 0 Å². The van der Waals surface area contributed by atoms with E-state index in [-0.39, 0.29) is 11.8 Å². The number of carbonyl (C=O) groups is 1. The van der Waals surface area contributed by atoms with Crippen molar-refractivity contribution < 1.29 is 17.9 Å². The minimum atomic E-state index is -3.49. The highest BCUT2D eigenvalue weighted by Crippen LogP contribution is 2.23. The van der Waals surface area contributed by atoms with E-state index in [9.17, 15) is 13.2 Å². The summed E-state index contributed by atoms with van der Waals surface area (Å²) in [5.74, 6) is 0.683. The van der Waals surface area contributed by atoms with Crippen LogP contribution in [0.3, 0.4) is 0 Å². The Morgan fingerprint density at radius 1 is 1.10 bits per heavy atom. The average molecular weight is 429 g/mol. The largest absolute Gasteiger partial charge is 0.497 e. The van der Waals surface area contributed by atoms with Gasteiger partial charge in [-0.25, -0.2) is 8.42 Å². The van der Waals surface area contributed by atoms with Crippen molar-refractivity contribution in [3.8, 4) is 5.75 Å². The van der Waals surface area contributed by atoms with Gasteiger partial charge in [-0.3, -0.25) is 4.79 Å². The van der Waals surface area contributed by atoms with Crippen LogP contribution in [0.4, 0.5) is 0 Å². The maximum Gasteiger partial charge on any atom is 0.236 e. The third-order valence-corrected chi connectivity index (χ3v) is 6.92. The second-order valence-corrected chi connectivity index (χ2v) is 9.29. The van der Waals surface area contributed by atoms with Crippen molar-refractivity contribution in [2.75, 3.05) is 27.2 Å². The Labute approximate surface area is 178 Å². The molecule has 0 saturated carbocycles. The van der Waals surface area contributed by atoms with E-state index in [0.29, 0.717) is 32.5 Å². The van der Waals surface area contributed by atoms with Crippen LogP contribution in [0.15, 0.2) is 60.0 Å². The van der Waals surface area contributed by atoms with Gasteiger partial charge in [0.2, 0.25) is 15.9 Å². The maximum absolute atomic E-state index is 12.8. The number of sulfonamides is 1. The van der Waals surface area contributed by atoms with Crippen LogP contribution in [0.5, 0.6) is 5.75 Å². The predicted octanol–water partition coefficient (Wildman–Crippen LogP) is 3.37. The monoisotopic (exact) mass is 428 g/mol. The highest BCUT2D eigenvalue weighted by molar-refractivity contribution is 7.92. The van der Waals surface area contributed by atoms with E-state index in [1.54, 1.807) is 25.1 Å². The molecule has 2 aromatic rings. The van der Waals surface area contributed by atoms with Gasteiger partial charge < -0.3 is 9.64 Å². The lowest BCUT2D eigenvalue weighted by Gasteiger charge is -2.32. The molecule has 0 radical (unpaired) electrons. The summed E-state index contributed by atoms with van der Waals surface area (Å²) in [5.41, 5.74) is 1.86. The second-order valence-electron chi connectivity index (χ2n) is 7.47. The van der Waals surface area contributed by atoms with E-state index in [1.807, 2.05) is 54.6 Å². The van der Waals surface area contributed by atoms with Crippen molar-refractivity contribution in [3.05, 3.63) is 71.1 Å². The van der Waals surface area contributed by atoms with Crippen LogP contribution in [0.2, 0.25) is 0 Å². The topological polar surface area (TPSA) is 66.9 Å². The Morgan fingerprint density at radius 3 is 2.33 bits per heavy atom. The van der Waals surface area contributed by atoms with Crippen molar-refractivity contribution in [1.82, 2.24) is 9.21 Å². The molecule has 7 heteroatoms. The summed E-state index contributed by atoms with van der Waals surface area (Å²) in [6.45, 7) is 1.23. The lowest BCUT2D eigenvalue weighted by Crippen LogP contribution is -2.42. The van der Waals surface area contributed by atoms with E-state index in [0.717, 1.165) is 16.9 Å². The number of carbonyl (C=O) groups excluding carboxylic acids is 1. The fourth-order valence-corrected chi connectivity index (χ4v) is 4.79. The van der Waals surface area contributed by atoms with Gasteiger partial charge in [0.15, 0.2) is 0 Å². The Morgan fingerprint density at radius 2 is 1.73 bits per heavy atom. The zero-order valence-electron chi connectivity index (χ0n) is 17.4. The summed E-state index contributed by atoms with van der Waals surface area (Å²) in [4.78, 5) is 14.5. The lowest BCUT2D eigenvalue weighted by molar-refractivity contribution is -0.135. The minimum absolute atomic E-state index is 0.0580. The molecule has 0 aliphatic carbocycles. The fourth-order valence-electron chi connectivity index (χ4n) is 3.57. The predicted molar refractivity (Wildman–Crippen MR) is 118 cm³/mol. The average Bonchev–Trinajstić information content (AvgIpc) is 2.78. The Balaban J connectivity index is 1.53. The molecule has 0 bridgehead atoms. The zero-order chi connectivity index (χ0) is 21.6. The second kappa shape index (κ2) is 9.91. The zero-order valence-corrected chi connectivity index (χ0v) is 18.2. The normalized spacial score (nSPS) is 15.9. The molecule has 6 nitrogen and oxygen atoms in total. The Kier molecular flexibility index (Phi) is 7.29. The summed E-state index contributed by atoms with van der Waals surface area (Å²) in [6, 6.07) is 17.0. The van der Waals surface area contributed by atoms with Crippen LogP contribution in [0, 0.1) is 5.92 Å². The molecule has 2 aromatic carbocycles. The number of hydrogen-bond donors (Lipinski definition) is 0. The van der Waals surface area contributed by atoms with Gasteiger partial charge in [-0.2, -0.15) is 4.31 Å².